The summed E-state index contributed by atoms with van der Waals surface area (Å²) in [5, 5.41) is 13.1. The molecule has 0 radical (unpaired) electrons. The Morgan fingerprint density at radius 2 is 1.62 bits per heavy atom. The van der Waals surface area contributed by atoms with Gasteiger partial charge in [-0.05, 0) is 61.4 Å². The van der Waals surface area contributed by atoms with Gasteiger partial charge < -0.3 is 29.9 Å². The molecule has 3 aliphatic heterocycles. The first-order chi connectivity index (χ1) is 21.9. The lowest BCUT2D eigenvalue weighted by Gasteiger charge is -2.41. The molecule has 4 aliphatic rings. The number of phenolic OH excluding ortho intramolecular Hbond substituents is 1. The van der Waals surface area contributed by atoms with Gasteiger partial charge in [-0.2, -0.15) is 0 Å². The Labute approximate surface area is 270 Å². The van der Waals surface area contributed by atoms with Crippen molar-refractivity contribution in [3.05, 3.63) is 58.6 Å². The molecule has 6 rings (SSSR count). The van der Waals surface area contributed by atoms with Gasteiger partial charge in [0.1, 0.15) is 5.75 Å². The molecule has 2 saturated heterocycles. The Kier molecular flexibility index (Phi) is 10.00. The van der Waals surface area contributed by atoms with Gasteiger partial charge in [0.2, 0.25) is 0 Å². The normalized spacial score (nSPS) is 21.1. The van der Waals surface area contributed by atoms with Gasteiger partial charge in [-0.1, -0.05) is 55.1 Å². The fourth-order valence-corrected chi connectivity index (χ4v) is 7.53. The second-order valence-corrected chi connectivity index (χ2v) is 13.2. The van der Waals surface area contributed by atoms with E-state index in [1.807, 2.05) is 34.1 Å². The maximum absolute atomic E-state index is 13.9. The Balaban J connectivity index is 1.07. The fourth-order valence-electron chi connectivity index (χ4n) is 7.32. The first kappa shape index (κ1) is 31.5. The van der Waals surface area contributed by atoms with E-state index in [1.54, 1.807) is 17.0 Å². The molecule has 1 atom stereocenters. The number of anilines is 1. The summed E-state index contributed by atoms with van der Waals surface area (Å²) in [6.07, 6.45) is 6.98. The van der Waals surface area contributed by atoms with Gasteiger partial charge in [0.25, 0.3) is 5.91 Å². The molecular formula is C34H44ClN5O5. The number of phenols is 1. The summed E-state index contributed by atoms with van der Waals surface area (Å²) in [6.45, 7) is 4.35. The first-order valence-electron chi connectivity index (χ1n) is 16.5. The highest BCUT2D eigenvalue weighted by Crippen LogP contribution is 2.28. The maximum Gasteiger partial charge on any atom is 0.410 e. The predicted molar refractivity (Wildman–Crippen MR) is 173 cm³/mol. The standard InChI is InChI=1S/C34H44ClN5O5/c35-28-22-24(10-11-30(28)41)23-31(32(42)38-20-18-37(19-21-38)26-7-2-1-3-8-26)45-34(44)39-15-13-27(14-16-39)40-17-12-25-6-4-5-9-29(25)36-33(40)43/h4-6,9-11,22,26-27,31,41H,1-3,7-8,12-21,23H2,(H,36,43). The monoisotopic (exact) mass is 637 g/mol. The maximum atomic E-state index is 13.9. The van der Waals surface area contributed by atoms with E-state index in [0.717, 1.165) is 30.8 Å². The molecule has 10 nitrogen and oxygen atoms in total. The van der Waals surface area contributed by atoms with Crippen LogP contribution in [0.5, 0.6) is 5.75 Å². The molecule has 3 heterocycles. The smallest absolute Gasteiger partial charge is 0.410 e. The Morgan fingerprint density at radius 3 is 2.36 bits per heavy atom. The minimum atomic E-state index is -1.01. The van der Waals surface area contributed by atoms with Crippen molar-refractivity contribution in [2.75, 3.05) is 51.1 Å². The van der Waals surface area contributed by atoms with Gasteiger partial charge in [0.15, 0.2) is 6.10 Å². The van der Waals surface area contributed by atoms with Crippen molar-refractivity contribution < 1.29 is 24.2 Å². The molecule has 11 heteroatoms. The Bertz CT molecular complexity index is 1370. The summed E-state index contributed by atoms with van der Waals surface area (Å²) in [5.41, 5.74) is 2.68. The number of nitrogens with zero attached hydrogens (tertiary/aromatic N) is 4. The molecule has 3 fully saturated rings. The number of piperidine rings is 1. The second kappa shape index (κ2) is 14.3. The topological polar surface area (TPSA) is 106 Å². The van der Waals surface area contributed by atoms with E-state index in [4.69, 9.17) is 16.3 Å². The van der Waals surface area contributed by atoms with Crippen LogP contribution in [-0.4, -0.2) is 107 Å². The molecular weight excluding hydrogens is 594 g/mol. The molecule has 2 aromatic carbocycles. The van der Waals surface area contributed by atoms with Crippen molar-refractivity contribution in [2.45, 2.75) is 76.0 Å². The molecule has 2 aromatic rings. The average molecular weight is 638 g/mol. The van der Waals surface area contributed by atoms with E-state index < -0.39 is 12.2 Å². The van der Waals surface area contributed by atoms with Gasteiger partial charge in [0.05, 0.1) is 5.02 Å². The van der Waals surface area contributed by atoms with Gasteiger partial charge in [-0.25, -0.2) is 9.59 Å². The van der Waals surface area contributed by atoms with Crippen LogP contribution in [0.3, 0.4) is 0 Å². The van der Waals surface area contributed by atoms with Gasteiger partial charge in [0, 0.05) is 70.0 Å². The number of hydrogen-bond acceptors (Lipinski definition) is 6. The average Bonchev–Trinajstić information content (AvgIpc) is 3.24. The number of rotatable bonds is 6. The van der Waals surface area contributed by atoms with Crippen molar-refractivity contribution in [2.24, 2.45) is 0 Å². The molecule has 0 spiro atoms. The number of nitrogens with one attached hydrogen (secondary N) is 1. The third kappa shape index (κ3) is 7.49. The van der Waals surface area contributed by atoms with Crippen LogP contribution in [0.25, 0.3) is 0 Å². The van der Waals surface area contributed by atoms with Crippen molar-refractivity contribution in [3.63, 3.8) is 0 Å². The number of carbonyl (C=O) groups excluding carboxylic acids is 3. The van der Waals surface area contributed by atoms with Gasteiger partial charge in [-0.3, -0.25) is 9.69 Å². The quantitative estimate of drug-likeness (QED) is 0.455. The molecule has 4 amide bonds. The molecule has 1 aliphatic carbocycles. The lowest BCUT2D eigenvalue weighted by Crippen LogP contribution is -2.55. The number of likely N-dealkylation sites (tertiary alicyclic amines) is 1. The molecule has 242 valence electrons. The number of hydrogen-bond donors (Lipinski definition) is 2. The van der Waals surface area contributed by atoms with Crippen molar-refractivity contribution in [3.8, 4) is 5.75 Å². The van der Waals surface area contributed by atoms with Crippen molar-refractivity contribution in [1.82, 2.24) is 19.6 Å². The van der Waals surface area contributed by atoms with Crippen molar-refractivity contribution in [1.29, 1.82) is 0 Å². The van der Waals surface area contributed by atoms with E-state index in [0.29, 0.717) is 57.2 Å². The lowest BCUT2D eigenvalue weighted by molar-refractivity contribution is -0.143. The van der Waals surface area contributed by atoms with Crippen molar-refractivity contribution >= 4 is 35.3 Å². The summed E-state index contributed by atoms with van der Waals surface area (Å²) in [7, 11) is 0. The highest BCUT2D eigenvalue weighted by atomic mass is 35.5. The second-order valence-electron chi connectivity index (χ2n) is 12.8. The van der Waals surface area contributed by atoms with Crippen LogP contribution in [-0.2, 0) is 22.4 Å². The minimum Gasteiger partial charge on any atom is -0.506 e. The van der Waals surface area contributed by atoms with Crippen LogP contribution in [0.1, 0.15) is 56.1 Å². The molecule has 2 N–H and O–H groups in total. The molecule has 45 heavy (non-hydrogen) atoms. The number of ether oxygens (including phenoxy) is 1. The molecule has 1 saturated carbocycles. The van der Waals surface area contributed by atoms with Crippen LogP contribution in [0.4, 0.5) is 15.3 Å². The number of carbonyl (C=O) groups is 3. The zero-order valence-electron chi connectivity index (χ0n) is 25.8. The van der Waals surface area contributed by atoms with Gasteiger partial charge >= 0.3 is 12.1 Å². The third-order valence-electron chi connectivity index (χ3n) is 9.97. The van der Waals surface area contributed by atoms with E-state index in [-0.39, 0.29) is 35.2 Å². The summed E-state index contributed by atoms with van der Waals surface area (Å²) in [5.74, 6) is -0.240. The van der Waals surface area contributed by atoms with E-state index in [1.165, 1.54) is 38.2 Å². The Hall–Kier alpha value is -3.50. The number of benzene rings is 2. The van der Waals surface area contributed by atoms with Crippen LogP contribution in [0.15, 0.2) is 42.5 Å². The largest absolute Gasteiger partial charge is 0.506 e. The minimum absolute atomic E-state index is 0.0142. The van der Waals surface area contributed by atoms with E-state index >= 15 is 0 Å². The SMILES string of the molecule is O=C(OC(Cc1ccc(O)c(Cl)c1)C(=O)N1CCN(C2CCCCC2)CC1)N1CCC(N2CCc3ccccc3NC2=O)CC1. The number of piperazine rings is 1. The number of halogens is 1. The number of aromatic hydroxyl groups is 1. The predicted octanol–water partition coefficient (Wildman–Crippen LogP) is 5.12. The zero-order chi connectivity index (χ0) is 31.3. The fraction of sp³-hybridized carbons (Fsp3) is 0.559. The van der Waals surface area contributed by atoms with E-state index in [9.17, 15) is 19.5 Å². The van der Waals surface area contributed by atoms with Crippen LogP contribution < -0.4 is 5.32 Å². The Morgan fingerprint density at radius 1 is 0.889 bits per heavy atom. The zero-order valence-corrected chi connectivity index (χ0v) is 26.6. The highest BCUT2D eigenvalue weighted by molar-refractivity contribution is 6.32. The third-order valence-corrected chi connectivity index (χ3v) is 10.3. The number of fused-ring (bicyclic) bond motifs is 1. The van der Waals surface area contributed by atoms with Crippen LogP contribution in [0.2, 0.25) is 5.02 Å². The summed E-state index contributed by atoms with van der Waals surface area (Å²) >= 11 is 6.17. The lowest BCUT2D eigenvalue weighted by atomic mass is 9.94. The summed E-state index contributed by atoms with van der Waals surface area (Å²) in [6, 6.07) is 13.2. The number of urea groups is 1. The van der Waals surface area contributed by atoms with Crippen LogP contribution in [0, 0.1) is 0 Å². The molecule has 0 bridgehead atoms. The van der Waals surface area contributed by atoms with Gasteiger partial charge in [-0.15, -0.1) is 0 Å². The number of amides is 4. The summed E-state index contributed by atoms with van der Waals surface area (Å²) in [4.78, 5) is 48.2. The number of para-hydroxylation sites is 1. The molecule has 1 unspecified atom stereocenters. The van der Waals surface area contributed by atoms with Crippen LogP contribution >= 0.6 is 11.6 Å². The van der Waals surface area contributed by atoms with E-state index in [2.05, 4.69) is 10.2 Å². The first-order valence-corrected chi connectivity index (χ1v) is 16.8. The molecule has 0 aromatic heterocycles. The highest BCUT2D eigenvalue weighted by Gasteiger charge is 2.36. The summed E-state index contributed by atoms with van der Waals surface area (Å²) < 4.78 is 5.97.